The molecule has 5 nitrogen and oxygen atoms in total. The first kappa shape index (κ1) is 14.5. The van der Waals surface area contributed by atoms with Crippen molar-refractivity contribution in [2.75, 3.05) is 5.32 Å². The summed E-state index contributed by atoms with van der Waals surface area (Å²) in [5, 5.41) is 11.2. The number of allylic oxidation sites excluding steroid dienone is 2. The van der Waals surface area contributed by atoms with Gasteiger partial charge in [0.1, 0.15) is 6.33 Å². The van der Waals surface area contributed by atoms with Crippen molar-refractivity contribution in [1.29, 1.82) is 0 Å². The molecule has 0 aliphatic heterocycles. The summed E-state index contributed by atoms with van der Waals surface area (Å²) in [6.45, 7) is 2.83. The van der Waals surface area contributed by atoms with E-state index in [1.807, 2.05) is 35.8 Å². The topological polar surface area (TPSA) is 59.8 Å². The largest absolute Gasteiger partial charge is 0.325 e. The third-order valence-electron chi connectivity index (χ3n) is 3.96. The average molecular weight is 296 g/mol. The van der Waals surface area contributed by atoms with Crippen molar-refractivity contribution >= 4 is 11.6 Å². The van der Waals surface area contributed by atoms with Gasteiger partial charge in [-0.05, 0) is 37.8 Å². The van der Waals surface area contributed by atoms with E-state index in [2.05, 4.69) is 27.7 Å². The third-order valence-corrected chi connectivity index (χ3v) is 3.96. The highest BCUT2D eigenvalue weighted by Crippen LogP contribution is 2.27. The number of anilines is 1. The highest BCUT2D eigenvalue weighted by atomic mass is 16.1. The molecule has 1 aliphatic rings. The van der Waals surface area contributed by atoms with Crippen LogP contribution in [0.15, 0.2) is 42.7 Å². The van der Waals surface area contributed by atoms with Gasteiger partial charge in [-0.15, -0.1) is 10.2 Å². The van der Waals surface area contributed by atoms with Gasteiger partial charge in [0.15, 0.2) is 5.82 Å². The average Bonchev–Trinajstić information content (AvgIpc) is 3.18. The van der Waals surface area contributed by atoms with E-state index in [4.69, 9.17) is 0 Å². The Morgan fingerprint density at radius 2 is 2.27 bits per heavy atom. The van der Waals surface area contributed by atoms with E-state index >= 15 is 0 Å². The highest BCUT2D eigenvalue weighted by molar-refractivity contribution is 5.95. The van der Waals surface area contributed by atoms with Gasteiger partial charge < -0.3 is 9.88 Å². The van der Waals surface area contributed by atoms with Crippen LogP contribution < -0.4 is 5.32 Å². The maximum absolute atomic E-state index is 12.3. The first-order chi connectivity index (χ1) is 10.8. The number of nitrogens with one attached hydrogen (secondary N) is 1. The number of hydrogen-bond acceptors (Lipinski definition) is 3. The van der Waals surface area contributed by atoms with E-state index in [0.29, 0.717) is 12.3 Å². The zero-order valence-electron chi connectivity index (χ0n) is 12.7. The fraction of sp³-hybridized carbons (Fsp3) is 0.353. The minimum atomic E-state index is 0.0477. The van der Waals surface area contributed by atoms with E-state index in [9.17, 15) is 4.79 Å². The molecular weight excluding hydrogens is 276 g/mol. The van der Waals surface area contributed by atoms with Crippen molar-refractivity contribution in [1.82, 2.24) is 14.8 Å². The Morgan fingerprint density at radius 1 is 1.41 bits per heavy atom. The van der Waals surface area contributed by atoms with E-state index < -0.39 is 0 Å². The molecule has 0 spiro atoms. The van der Waals surface area contributed by atoms with Crippen molar-refractivity contribution in [2.45, 2.75) is 32.7 Å². The Labute approximate surface area is 130 Å². The number of amides is 1. The Hall–Kier alpha value is -2.43. The lowest BCUT2D eigenvalue weighted by atomic mass is 10.0. The highest BCUT2D eigenvalue weighted by Gasteiger charge is 2.16. The van der Waals surface area contributed by atoms with Gasteiger partial charge in [0.2, 0.25) is 5.91 Å². The van der Waals surface area contributed by atoms with Crippen molar-refractivity contribution in [2.24, 2.45) is 5.92 Å². The lowest BCUT2D eigenvalue weighted by molar-refractivity contribution is -0.116. The summed E-state index contributed by atoms with van der Waals surface area (Å²) in [5.74, 6) is 1.19. The van der Waals surface area contributed by atoms with Crippen LogP contribution in [0.25, 0.3) is 11.4 Å². The molecule has 3 rings (SSSR count). The second-order valence-corrected chi connectivity index (χ2v) is 5.50. The number of nitrogens with zero attached hydrogens (tertiary/aromatic N) is 3. The van der Waals surface area contributed by atoms with Gasteiger partial charge in [0.25, 0.3) is 0 Å². The minimum Gasteiger partial charge on any atom is -0.325 e. The van der Waals surface area contributed by atoms with Crippen LogP contribution in [0.3, 0.4) is 0 Å². The molecule has 0 saturated heterocycles. The molecule has 1 aromatic heterocycles. The van der Waals surface area contributed by atoms with Crippen LogP contribution in [0.1, 0.15) is 26.2 Å². The summed E-state index contributed by atoms with van der Waals surface area (Å²) in [6, 6.07) is 7.73. The van der Waals surface area contributed by atoms with Gasteiger partial charge in [-0.25, -0.2) is 0 Å². The van der Waals surface area contributed by atoms with Crippen LogP contribution in [0.5, 0.6) is 0 Å². The number of benzene rings is 1. The van der Waals surface area contributed by atoms with E-state index in [0.717, 1.165) is 36.5 Å². The van der Waals surface area contributed by atoms with Gasteiger partial charge in [-0.1, -0.05) is 24.3 Å². The van der Waals surface area contributed by atoms with Gasteiger partial charge in [0, 0.05) is 18.5 Å². The normalized spacial score (nSPS) is 16.9. The quantitative estimate of drug-likeness (QED) is 0.862. The number of para-hydroxylation sites is 1. The number of aromatic nitrogens is 3. The molecule has 2 aromatic rings. The van der Waals surface area contributed by atoms with Crippen LogP contribution in [-0.2, 0) is 11.3 Å². The monoisotopic (exact) mass is 296 g/mol. The maximum Gasteiger partial charge on any atom is 0.224 e. The van der Waals surface area contributed by atoms with Gasteiger partial charge >= 0.3 is 0 Å². The van der Waals surface area contributed by atoms with Crippen molar-refractivity contribution < 1.29 is 4.79 Å². The fourth-order valence-electron chi connectivity index (χ4n) is 2.79. The number of rotatable bonds is 5. The van der Waals surface area contributed by atoms with Crippen LogP contribution in [0.4, 0.5) is 5.69 Å². The number of aryl methyl sites for hydroxylation is 1. The molecule has 1 heterocycles. The smallest absolute Gasteiger partial charge is 0.224 e. The summed E-state index contributed by atoms with van der Waals surface area (Å²) < 4.78 is 1.96. The standard InChI is InChI=1S/C17H20N4O/c1-2-21-12-18-20-17(21)14-9-5-6-10-15(14)19-16(22)11-13-7-3-4-8-13/h3,5-7,9-10,12-13H,2,4,8,11H2,1H3,(H,19,22). The van der Waals surface area contributed by atoms with E-state index in [-0.39, 0.29) is 5.91 Å². The molecule has 0 bridgehead atoms. The molecule has 0 fully saturated rings. The summed E-state index contributed by atoms with van der Waals surface area (Å²) >= 11 is 0. The zero-order valence-corrected chi connectivity index (χ0v) is 12.7. The SMILES string of the molecule is CCn1cnnc1-c1ccccc1NC(=O)CC1C=CCC1. The summed E-state index contributed by atoms with van der Waals surface area (Å²) in [7, 11) is 0. The van der Waals surface area contributed by atoms with Crippen LogP contribution in [-0.4, -0.2) is 20.7 Å². The Bertz CT molecular complexity index is 689. The second-order valence-electron chi connectivity index (χ2n) is 5.50. The molecule has 22 heavy (non-hydrogen) atoms. The Morgan fingerprint density at radius 3 is 3.05 bits per heavy atom. The maximum atomic E-state index is 12.3. The van der Waals surface area contributed by atoms with Crippen LogP contribution >= 0.6 is 0 Å². The molecule has 1 aromatic carbocycles. The third kappa shape index (κ3) is 3.08. The summed E-state index contributed by atoms with van der Waals surface area (Å²) in [4.78, 5) is 12.3. The molecule has 1 N–H and O–H groups in total. The number of hydrogen-bond donors (Lipinski definition) is 1. The summed E-state index contributed by atoms with van der Waals surface area (Å²) in [6.07, 6.45) is 8.67. The first-order valence-corrected chi connectivity index (χ1v) is 7.71. The van der Waals surface area contributed by atoms with Gasteiger partial charge in [-0.3, -0.25) is 4.79 Å². The predicted molar refractivity (Wildman–Crippen MR) is 86.2 cm³/mol. The van der Waals surface area contributed by atoms with Crippen molar-refractivity contribution in [3.05, 3.63) is 42.7 Å². The molecule has 1 unspecified atom stereocenters. The molecule has 0 saturated carbocycles. The molecule has 1 amide bonds. The number of carbonyl (C=O) groups excluding carboxylic acids is 1. The van der Waals surface area contributed by atoms with E-state index in [1.54, 1.807) is 6.33 Å². The molecule has 1 aliphatic carbocycles. The molecular formula is C17H20N4O. The van der Waals surface area contributed by atoms with Crippen LogP contribution in [0.2, 0.25) is 0 Å². The Kier molecular flexibility index (Phi) is 4.32. The molecule has 114 valence electrons. The predicted octanol–water partition coefficient (Wildman–Crippen LogP) is 3.26. The fourth-order valence-corrected chi connectivity index (χ4v) is 2.79. The molecule has 0 radical (unpaired) electrons. The zero-order chi connectivity index (χ0) is 15.4. The number of carbonyl (C=O) groups is 1. The first-order valence-electron chi connectivity index (χ1n) is 7.71. The van der Waals surface area contributed by atoms with Crippen molar-refractivity contribution in [3.63, 3.8) is 0 Å². The van der Waals surface area contributed by atoms with Gasteiger partial charge in [-0.2, -0.15) is 0 Å². The minimum absolute atomic E-state index is 0.0477. The molecule has 1 atom stereocenters. The lowest BCUT2D eigenvalue weighted by Gasteiger charge is -2.12. The van der Waals surface area contributed by atoms with E-state index in [1.165, 1.54) is 0 Å². The van der Waals surface area contributed by atoms with Gasteiger partial charge in [0.05, 0.1) is 5.69 Å². The van der Waals surface area contributed by atoms with Crippen molar-refractivity contribution in [3.8, 4) is 11.4 Å². The second kappa shape index (κ2) is 6.56. The lowest BCUT2D eigenvalue weighted by Crippen LogP contribution is -2.15. The van der Waals surface area contributed by atoms with Crippen LogP contribution in [0, 0.1) is 5.92 Å². The summed E-state index contributed by atoms with van der Waals surface area (Å²) in [5.41, 5.74) is 1.69. The molecule has 5 heteroatoms. The Balaban J connectivity index is 1.79.